The van der Waals surface area contributed by atoms with Gasteiger partial charge in [0.1, 0.15) is 5.75 Å². The molecule has 0 saturated carbocycles. The average molecular weight is 431 g/mol. The van der Waals surface area contributed by atoms with E-state index in [1.54, 1.807) is 12.1 Å². The lowest BCUT2D eigenvalue weighted by Crippen LogP contribution is -2.13. The second-order valence-electron chi connectivity index (χ2n) is 5.53. The molecule has 0 saturated heterocycles. The number of thiazole rings is 1. The van der Waals surface area contributed by atoms with Crippen LogP contribution in [0.5, 0.6) is 5.75 Å². The maximum Gasteiger partial charge on any atom is 0.261 e. The van der Waals surface area contributed by atoms with E-state index in [1.165, 1.54) is 11.3 Å². The van der Waals surface area contributed by atoms with Gasteiger partial charge in [-0.05, 0) is 37.6 Å². The van der Waals surface area contributed by atoms with Crippen LogP contribution < -0.4 is 10.1 Å². The van der Waals surface area contributed by atoms with Crippen LogP contribution in [-0.2, 0) is 6.42 Å². The number of nitrogens with one attached hydrogen (secondary N) is 1. The van der Waals surface area contributed by atoms with Gasteiger partial charge in [0.05, 0.1) is 17.9 Å². The van der Waals surface area contributed by atoms with Gasteiger partial charge in [0.2, 0.25) is 0 Å². The van der Waals surface area contributed by atoms with Crippen LogP contribution in [0.1, 0.15) is 29.1 Å². The Morgan fingerprint density at radius 3 is 2.58 bits per heavy atom. The Labute approximate surface area is 165 Å². The zero-order valence-corrected chi connectivity index (χ0v) is 17.0. The average Bonchev–Trinajstić information content (AvgIpc) is 3.06. The summed E-state index contributed by atoms with van der Waals surface area (Å²) in [6, 6.07) is 15.3. The van der Waals surface area contributed by atoms with Crippen molar-refractivity contribution in [2.75, 3.05) is 11.9 Å². The molecular formula is C20H19BrN2O2S. The largest absolute Gasteiger partial charge is 0.493 e. The zero-order chi connectivity index (χ0) is 18.5. The molecule has 0 fully saturated rings. The number of carbonyl (C=O) groups excluding carboxylic acids is 1. The number of rotatable bonds is 6. The number of ether oxygens (including phenoxy) is 1. The second kappa shape index (κ2) is 8.47. The minimum atomic E-state index is -0.215. The van der Waals surface area contributed by atoms with E-state index in [0.717, 1.165) is 27.0 Å². The van der Waals surface area contributed by atoms with E-state index in [4.69, 9.17) is 4.74 Å². The molecule has 0 spiro atoms. The van der Waals surface area contributed by atoms with Gasteiger partial charge in [0, 0.05) is 14.9 Å². The third-order valence-corrected chi connectivity index (χ3v) is 5.43. The monoisotopic (exact) mass is 430 g/mol. The molecule has 0 radical (unpaired) electrons. The molecule has 1 N–H and O–H groups in total. The van der Waals surface area contributed by atoms with Crippen molar-refractivity contribution in [1.82, 2.24) is 4.98 Å². The van der Waals surface area contributed by atoms with Crippen LogP contribution in [0, 0.1) is 0 Å². The number of hydrogen-bond acceptors (Lipinski definition) is 4. The summed E-state index contributed by atoms with van der Waals surface area (Å²) in [7, 11) is 0. The van der Waals surface area contributed by atoms with Crippen molar-refractivity contribution >= 4 is 38.3 Å². The zero-order valence-electron chi connectivity index (χ0n) is 14.6. The second-order valence-corrected chi connectivity index (χ2v) is 7.53. The maximum atomic E-state index is 12.7. The van der Waals surface area contributed by atoms with E-state index < -0.39 is 0 Å². The molecule has 1 heterocycles. The number of carbonyl (C=O) groups is 1. The summed E-state index contributed by atoms with van der Waals surface area (Å²) in [5, 5.41) is 3.51. The Bertz CT molecular complexity index is 906. The Hall–Kier alpha value is -2.18. The van der Waals surface area contributed by atoms with Crippen LogP contribution in [-0.4, -0.2) is 17.5 Å². The summed E-state index contributed by atoms with van der Waals surface area (Å²) in [6.45, 7) is 4.49. The third-order valence-electron chi connectivity index (χ3n) is 3.79. The van der Waals surface area contributed by atoms with Gasteiger partial charge in [-0.1, -0.05) is 47.1 Å². The van der Waals surface area contributed by atoms with E-state index in [-0.39, 0.29) is 5.91 Å². The standard InChI is InChI=1S/C20H19BrN2O2S/c1-3-17-18(13-9-11-14(21)12-10-13)22-20(26-17)23-19(24)15-7-5-6-8-16(15)25-4-2/h5-12H,3-4H2,1-2H3,(H,22,23,24). The number of para-hydroxylation sites is 1. The smallest absolute Gasteiger partial charge is 0.261 e. The summed E-state index contributed by atoms with van der Waals surface area (Å²) in [5.41, 5.74) is 2.46. The van der Waals surface area contributed by atoms with Crippen molar-refractivity contribution in [3.8, 4) is 17.0 Å². The predicted molar refractivity (Wildman–Crippen MR) is 110 cm³/mol. The van der Waals surface area contributed by atoms with Crippen molar-refractivity contribution in [3.05, 3.63) is 63.4 Å². The molecule has 0 bridgehead atoms. The van der Waals surface area contributed by atoms with Gasteiger partial charge in [-0.25, -0.2) is 4.98 Å². The summed E-state index contributed by atoms with van der Waals surface area (Å²) >= 11 is 4.96. The van der Waals surface area contributed by atoms with Gasteiger partial charge in [-0.2, -0.15) is 0 Å². The van der Waals surface area contributed by atoms with Gasteiger partial charge < -0.3 is 4.74 Å². The maximum absolute atomic E-state index is 12.7. The van der Waals surface area contributed by atoms with Gasteiger partial charge in [0.15, 0.2) is 5.13 Å². The van der Waals surface area contributed by atoms with Crippen molar-refractivity contribution in [2.24, 2.45) is 0 Å². The van der Waals surface area contributed by atoms with E-state index in [9.17, 15) is 4.79 Å². The highest BCUT2D eigenvalue weighted by molar-refractivity contribution is 9.10. The number of anilines is 1. The number of halogens is 1. The highest BCUT2D eigenvalue weighted by Gasteiger charge is 2.17. The molecular weight excluding hydrogens is 412 g/mol. The minimum Gasteiger partial charge on any atom is -0.493 e. The fourth-order valence-corrected chi connectivity index (χ4v) is 3.76. The molecule has 0 aliphatic rings. The van der Waals surface area contributed by atoms with Crippen LogP contribution >= 0.6 is 27.3 Å². The van der Waals surface area contributed by atoms with Crippen molar-refractivity contribution in [1.29, 1.82) is 0 Å². The minimum absolute atomic E-state index is 0.215. The van der Waals surface area contributed by atoms with E-state index in [1.807, 2.05) is 43.3 Å². The lowest BCUT2D eigenvalue weighted by atomic mass is 10.1. The molecule has 26 heavy (non-hydrogen) atoms. The summed E-state index contributed by atoms with van der Waals surface area (Å²) in [5.74, 6) is 0.362. The molecule has 1 aromatic heterocycles. The first-order valence-electron chi connectivity index (χ1n) is 8.41. The normalized spacial score (nSPS) is 10.6. The molecule has 3 rings (SSSR count). The quantitative estimate of drug-likeness (QED) is 0.538. The van der Waals surface area contributed by atoms with Gasteiger partial charge in [0.25, 0.3) is 5.91 Å². The molecule has 6 heteroatoms. The van der Waals surface area contributed by atoms with E-state index in [2.05, 4.69) is 33.2 Å². The Morgan fingerprint density at radius 2 is 1.88 bits per heavy atom. The van der Waals surface area contributed by atoms with Crippen molar-refractivity contribution in [3.63, 3.8) is 0 Å². The molecule has 2 aromatic carbocycles. The number of hydrogen-bond donors (Lipinski definition) is 1. The molecule has 0 aliphatic heterocycles. The van der Waals surface area contributed by atoms with Crippen LogP contribution in [0.15, 0.2) is 53.0 Å². The number of aryl methyl sites for hydroxylation is 1. The number of aromatic nitrogens is 1. The van der Waals surface area contributed by atoms with E-state index in [0.29, 0.717) is 23.1 Å². The SMILES string of the molecule is CCOc1ccccc1C(=O)Nc1nc(-c2ccc(Br)cc2)c(CC)s1. The summed E-state index contributed by atoms with van der Waals surface area (Å²) in [4.78, 5) is 18.5. The first-order valence-corrected chi connectivity index (χ1v) is 10.0. The Balaban J connectivity index is 1.87. The fraction of sp³-hybridized carbons (Fsp3) is 0.200. The molecule has 0 aliphatic carbocycles. The van der Waals surface area contributed by atoms with E-state index >= 15 is 0 Å². The van der Waals surface area contributed by atoms with Crippen molar-refractivity contribution in [2.45, 2.75) is 20.3 Å². The Morgan fingerprint density at radius 1 is 1.15 bits per heavy atom. The van der Waals surface area contributed by atoms with Crippen LogP contribution in [0.3, 0.4) is 0 Å². The molecule has 134 valence electrons. The van der Waals surface area contributed by atoms with Gasteiger partial charge in [-0.15, -0.1) is 11.3 Å². The molecule has 1 amide bonds. The number of nitrogens with zero attached hydrogens (tertiary/aromatic N) is 1. The summed E-state index contributed by atoms with van der Waals surface area (Å²) < 4.78 is 6.57. The topological polar surface area (TPSA) is 51.2 Å². The van der Waals surface area contributed by atoms with Crippen molar-refractivity contribution < 1.29 is 9.53 Å². The van der Waals surface area contributed by atoms with Gasteiger partial charge in [-0.3, -0.25) is 10.1 Å². The predicted octanol–water partition coefficient (Wildman–Crippen LogP) is 5.79. The van der Waals surface area contributed by atoms with Crippen LogP contribution in [0.2, 0.25) is 0 Å². The molecule has 4 nitrogen and oxygen atoms in total. The van der Waals surface area contributed by atoms with Crippen LogP contribution in [0.25, 0.3) is 11.3 Å². The molecule has 3 aromatic rings. The highest BCUT2D eigenvalue weighted by atomic mass is 79.9. The fourth-order valence-electron chi connectivity index (χ4n) is 2.58. The number of amides is 1. The first-order chi connectivity index (χ1) is 12.6. The lowest BCUT2D eigenvalue weighted by molar-refractivity contribution is 0.102. The third kappa shape index (κ3) is 4.14. The first kappa shape index (κ1) is 18.6. The highest BCUT2D eigenvalue weighted by Crippen LogP contribution is 2.32. The lowest BCUT2D eigenvalue weighted by Gasteiger charge is -2.08. The molecule has 0 unspecified atom stereocenters. The molecule has 0 atom stereocenters. The number of benzene rings is 2. The summed E-state index contributed by atoms with van der Waals surface area (Å²) in [6.07, 6.45) is 0.856. The Kier molecular flexibility index (Phi) is 6.06. The van der Waals surface area contributed by atoms with Crippen LogP contribution in [0.4, 0.5) is 5.13 Å². The van der Waals surface area contributed by atoms with Gasteiger partial charge >= 0.3 is 0 Å².